The van der Waals surface area contributed by atoms with Gasteiger partial charge in [-0.2, -0.15) is 0 Å². The molecule has 2 aromatic carbocycles. The minimum absolute atomic E-state index is 0.0204. The van der Waals surface area contributed by atoms with Crippen molar-refractivity contribution < 1.29 is 18.5 Å². The number of halogens is 2. The fourth-order valence-corrected chi connectivity index (χ4v) is 3.54. The second-order valence-electron chi connectivity index (χ2n) is 5.25. The fourth-order valence-electron chi connectivity index (χ4n) is 2.12. The van der Waals surface area contributed by atoms with E-state index in [1.807, 2.05) is 0 Å². The number of nitrogens with zero attached hydrogens (tertiary/aromatic N) is 2. The molecule has 1 amide bonds. The third-order valence-electron chi connectivity index (χ3n) is 3.37. The molecule has 1 N–H and O–H groups in total. The molecule has 3 aromatic rings. The topological polar surface area (TPSA) is 85.1 Å². The van der Waals surface area contributed by atoms with Crippen molar-refractivity contribution in [2.24, 2.45) is 0 Å². The lowest BCUT2D eigenvalue weighted by Crippen LogP contribution is -2.13. The van der Waals surface area contributed by atoms with Crippen molar-refractivity contribution in [1.82, 2.24) is 4.98 Å². The molecule has 0 saturated carbocycles. The van der Waals surface area contributed by atoms with Gasteiger partial charge >= 0.3 is 0 Å². The van der Waals surface area contributed by atoms with E-state index >= 15 is 0 Å². The van der Waals surface area contributed by atoms with Crippen molar-refractivity contribution in [1.29, 1.82) is 0 Å². The molecule has 1 aromatic heterocycles. The van der Waals surface area contributed by atoms with Gasteiger partial charge in [0.05, 0.1) is 16.4 Å². The number of nitro groups is 1. The summed E-state index contributed by atoms with van der Waals surface area (Å²) in [5.74, 6) is -1.45. The van der Waals surface area contributed by atoms with Crippen LogP contribution in [0.15, 0.2) is 52.7 Å². The second kappa shape index (κ2) is 8.23. The number of nitro benzene ring substituents is 1. The minimum Gasteiger partial charge on any atom is -0.301 e. The first-order chi connectivity index (χ1) is 12.9. The maximum Gasteiger partial charge on any atom is 0.269 e. The summed E-state index contributed by atoms with van der Waals surface area (Å²) < 4.78 is 27.1. The number of benzene rings is 2. The number of amides is 1. The van der Waals surface area contributed by atoms with Crippen LogP contribution in [0.1, 0.15) is 0 Å². The van der Waals surface area contributed by atoms with Crippen molar-refractivity contribution in [3.05, 3.63) is 69.6 Å². The first-order valence-corrected chi connectivity index (χ1v) is 9.37. The third-order valence-corrected chi connectivity index (χ3v) is 5.14. The number of hydrogen-bond donors (Lipinski definition) is 1. The molecule has 0 aliphatic carbocycles. The Morgan fingerprint density at radius 2 is 1.96 bits per heavy atom. The molecule has 138 valence electrons. The largest absolute Gasteiger partial charge is 0.301 e. The zero-order valence-electron chi connectivity index (χ0n) is 13.5. The Hall–Kier alpha value is -2.85. The van der Waals surface area contributed by atoms with Crippen LogP contribution < -0.4 is 5.32 Å². The molecule has 0 fully saturated rings. The molecule has 0 atom stereocenters. The lowest BCUT2D eigenvalue weighted by atomic mass is 10.1. The summed E-state index contributed by atoms with van der Waals surface area (Å²) in [5, 5.41) is 15.0. The SMILES string of the molecule is O=C(CSc1ccc([N+](=O)[O-])cc1)Nc1nc(-c2cc(F)ccc2F)cs1. The van der Waals surface area contributed by atoms with E-state index in [9.17, 15) is 23.7 Å². The van der Waals surface area contributed by atoms with Gasteiger partial charge in [0.25, 0.3) is 5.69 Å². The number of carbonyl (C=O) groups excluding carboxylic acids is 1. The van der Waals surface area contributed by atoms with Crippen molar-refractivity contribution in [3.63, 3.8) is 0 Å². The van der Waals surface area contributed by atoms with E-state index in [2.05, 4.69) is 10.3 Å². The van der Waals surface area contributed by atoms with Gasteiger partial charge in [0.15, 0.2) is 5.13 Å². The highest BCUT2D eigenvalue weighted by molar-refractivity contribution is 8.00. The van der Waals surface area contributed by atoms with Crippen LogP contribution in [0.25, 0.3) is 11.3 Å². The molecule has 0 saturated heterocycles. The Bertz CT molecular complexity index is 993. The number of hydrogen-bond acceptors (Lipinski definition) is 6. The van der Waals surface area contributed by atoms with E-state index < -0.39 is 16.6 Å². The monoisotopic (exact) mass is 407 g/mol. The molecule has 0 unspecified atom stereocenters. The zero-order valence-corrected chi connectivity index (χ0v) is 15.2. The number of thioether (sulfide) groups is 1. The van der Waals surface area contributed by atoms with Gasteiger partial charge in [0.1, 0.15) is 11.6 Å². The summed E-state index contributed by atoms with van der Waals surface area (Å²) in [7, 11) is 0. The molecular formula is C17H11F2N3O3S2. The summed E-state index contributed by atoms with van der Waals surface area (Å²) >= 11 is 2.31. The normalized spacial score (nSPS) is 10.6. The molecule has 0 aliphatic heterocycles. The summed E-state index contributed by atoms with van der Waals surface area (Å²) in [4.78, 5) is 26.9. The molecule has 6 nitrogen and oxygen atoms in total. The summed E-state index contributed by atoms with van der Waals surface area (Å²) in [6, 6.07) is 8.92. The Morgan fingerprint density at radius 1 is 1.22 bits per heavy atom. The van der Waals surface area contributed by atoms with Gasteiger partial charge in [-0.3, -0.25) is 14.9 Å². The number of aromatic nitrogens is 1. The molecule has 0 aliphatic rings. The molecule has 27 heavy (non-hydrogen) atoms. The number of anilines is 1. The summed E-state index contributed by atoms with van der Waals surface area (Å²) in [5.41, 5.74) is 0.228. The number of non-ortho nitro benzene ring substituents is 1. The van der Waals surface area contributed by atoms with Crippen LogP contribution in [0.4, 0.5) is 19.6 Å². The molecule has 10 heteroatoms. The summed E-state index contributed by atoms with van der Waals surface area (Å²) in [6.07, 6.45) is 0. The predicted molar refractivity (Wildman–Crippen MR) is 99.9 cm³/mol. The molecule has 3 rings (SSSR count). The Morgan fingerprint density at radius 3 is 2.67 bits per heavy atom. The zero-order chi connectivity index (χ0) is 19.4. The van der Waals surface area contributed by atoms with Crippen molar-refractivity contribution in [2.75, 3.05) is 11.1 Å². The van der Waals surface area contributed by atoms with Crippen LogP contribution in [0, 0.1) is 21.7 Å². The smallest absolute Gasteiger partial charge is 0.269 e. The average Bonchev–Trinajstić information content (AvgIpc) is 3.10. The van der Waals surface area contributed by atoms with Crippen molar-refractivity contribution in [3.8, 4) is 11.3 Å². The quantitative estimate of drug-likeness (QED) is 0.363. The second-order valence-corrected chi connectivity index (χ2v) is 7.16. The minimum atomic E-state index is -0.603. The van der Waals surface area contributed by atoms with Crippen molar-refractivity contribution in [2.45, 2.75) is 4.90 Å². The van der Waals surface area contributed by atoms with E-state index in [0.717, 1.165) is 29.5 Å². The maximum atomic E-state index is 13.8. The lowest BCUT2D eigenvalue weighted by Gasteiger charge is -2.02. The van der Waals surface area contributed by atoms with E-state index in [-0.39, 0.29) is 33.7 Å². The highest BCUT2D eigenvalue weighted by Crippen LogP contribution is 2.28. The average molecular weight is 407 g/mol. The number of thiazole rings is 1. The first-order valence-electron chi connectivity index (χ1n) is 7.50. The molecule has 0 spiro atoms. The van der Waals surface area contributed by atoms with E-state index in [0.29, 0.717) is 4.90 Å². The molecule has 1 heterocycles. The van der Waals surface area contributed by atoms with Gasteiger partial charge in [0.2, 0.25) is 5.91 Å². The van der Waals surface area contributed by atoms with Crippen molar-refractivity contribution >= 4 is 39.8 Å². The van der Waals surface area contributed by atoms with Crippen LogP contribution in [0.5, 0.6) is 0 Å². The van der Waals surface area contributed by atoms with Crippen LogP contribution >= 0.6 is 23.1 Å². The Labute approximate surface area is 160 Å². The standard InChI is InChI=1S/C17H11F2N3O3S2/c18-10-1-6-14(19)13(7-10)15-8-27-17(20-15)21-16(23)9-26-12-4-2-11(3-5-12)22(24)25/h1-8H,9H2,(H,20,21,23). The van der Waals surface area contributed by atoms with Gasteiger partial charge in [-0.15, -0.1) is 23.1 Å². The van der Waals surface area contributed by atoms with Gasteiger partial charge in [0, 0.05) is 28.0 Å². The van der Waals surface area contributed by atoms with Crippen LogP contribution in [-0.4, -0.2) is 21.6 Å². The molecular weight excluding hydrogens is 396 g/mol. The lowest BCUT2D eigenvalue weighted by molar-refractivity contribution is -0.384. The Balaban J connectivity index is 1.59. The predicted octanol–water partition coefficient (Wildman–Crippen LogP) is 4.73. The molecule has 0 radical (unpaired) electrons. The van der Waals surface area contributed by atoms with E-state index in [1.54, 1.807) is 12.1 Å². The van der Waals surface area contributed by atoms with E-state index in [4.69, 9.17) is 0 Å². The number of carbonyl (C=O) groups is 1. The van der Waals surface area contributed by atoms with Crippen LogP contribution in [-0.2, 0) is 4.79 Å². The Kier molecular flexibility index (Phi) is 5.77. The van der Waals surface area contributed by atoms with Gasteiger partial charge in [-0.25, -0.2) is 13.8 Å². The molecule has 0 bridgehead atoms. The third kappa shape index (κ3) is 4.86. The fraction of sp³-hybridized carbons (Fsp3) is 0.0588. The maximum absolute atomic E-state index is 13.8. The first kappa shape index (κ1) is 18.9. The summed E-state index contributed by atoms with van der Waals surface area (Å²) in [6.45, 7) is 0. The highest BCUT2D eigenvalue weighted by atomic mass is 32.2. The van der Waals surface area contributed by atoms with E-state index in [1.165, 1.54) is 29.3 Å². The van der Waals surface area contributed by atoms with Gasteiger partial charge in [-0.1, -0.05) is 0 Å². The number of rotatable bonds is 6. The van der Waals surface area contributed by atoms with Gasteiger partial charge < -0.3 is 5.32 Å². The highest BCUT2D eigenvalue weighted by Gasteiger charge is 2.13. The number of nitrogens with one attached hydrogen (secondary N) is 1. The van der Waals surface area contributed by atoms with Crippen LogP contribution in [0.2, 0.25) is 0 Å². The van der Waals surface area contributed by atoms with Crippen LogP contribution in [0.3, 0.4) is 0 Å². The van der Waals surface area contributed by atoms with Gasteiger partial charge in [-0.05, 0) is 30.3 Å².